The molecule has 1 unspecified atom stereocenters. The minimum absolute atomic E-state index is 0.153. The Morgan fingerprint density at radius 3 is 2.61 bits per heavy atom. The SMILES string of the molecule is CCN(CC)c1ccc(C(=O)NCC(C)(O)c2ccsc2)cn1. The highest BCUT2D eigenvalue weighted by Crippen LogP contribution is 2.22. The lowest BCUT2D eigenvalue weighted by Crippen LogP contribution is -2.38. The molecule has 0 aliphatic carbocycles. The molecule has 0 radical (unpaired) electrons. The largest absolute Gasteiger partial charge is 0.384 e. The third-order valence-corrected chi connectivity index (χ3v) is 4.52. The van der Waals surface area contributed by atoms with Crippen LogP contribution in [0.25, 0.3) is 0 Å². The normalized spacial score (nSPS) is 13.4. The van der Waals surface area contributed by atoms with Crippen molar-refractivity contribution in [2.24, 2.45) is 0 Å². The molecule has 6 heteroatoms. The van der Waals surface area contributed by atoms with Gasteiger partial charge in [0.1, 0.15) is 11.4 Å². The maximum absolute atomic E-state index is 12.2. The molecule has 1 atom stereocenters. The van der Waals surface area contributed by atoms with Crippen LogP contribution in [-0.2, 0) is 5.60 Å². The molecule has 23 heavy (non-hydrogen) atoms. The molecule has 2 rings (SSSR count). The van der Waals surface area contributed by atoms with Crippen molar-refractivity contribution in [2.75, 3.05) is 24.5 Å². The predicted molar refractivity (Wildman–Crippen MR) is 94.0 cm³/mol. The van der Waals surface area contributed by atoms with E-state index in [1.165, 1.54) is 11.3 Å². The monoisotopic (exact) mass is 333 g/mol. The van der Waals surface area contributed by atoms with Gasteiger partial charge in [-0.1, -0.05) is 0 Å². The molecule has 0 aromatic carbocycles. The number of aromatic nitrogens is 1. The first kappa shape index (κ1) is 17.4. The summed E-state index contributed by atoms with van der Waals surface area (Å²) in [6.45, 7) is 7.73. The van der Waals surface area contributed by atoms with Crippen molar-refractivity contribution < 1.29 is 9.90 Å². The molecule has 0 saturated heterocycles. The van der Waals surface area contributed by atoms with E-state index < -0.39 is 5.60 Å². The highest BCUT2D eigenvalue weighted by atomic mass is 32.1. The van der Waals surface area contributed by atoms with Gasteiger partial charge in [-0.2, -0.15) is 11.3 Å². The molecule has 1 amide bonds. The Balaban J connectivity index is 1.98. The Morgan fingerprint density at radius 2 is 2.09 bits per heavy atom. The zero-order chi connectivity index (χ0) is 16.9. The van der Waals surface area contributed by atoms with Crippen LogP contribution in [-0.4, -0.2) is 35.6 Å². The average molecular weight is 333 g/mol. The van der Waals surface area contributed by atoms with Gasteiger partial charge in [0, 0.05) is 19.3 Å². The molecule has 0 fully saturated rings. The maximum atomic E-state index is 12.2. The van der Waals surface area contributed by atoms with Gasteiger partial charge in [-0.3, -0.25) is 4.79 Å². The number of rotatable bonds is 7. The molecule has 2 N–H and O–H groups in total. The van der Waals surface area contributed by atoms with Gasteiger partial charge >= 0.3 is 0 Å². The van der Waals surface area contributed by atoms with Crippen LogP contribution < -0.4 is 10.2 Å². The average Bonchev–Trinajstić information content (AvgIpc) is 3.10. The quantitative estimate of drug-likeness (QED) is 0.817. The fraction of sp³-hybridized carbons (Fsp3) is 0.412. The van der Waals surface area contributed by atoms with E-state index in [1.807, 2.05) is 22.9 Å². The third kappa shape index (κ3) is 4.30. The van der Waals surface area contributed by atoms with Crippen LogP contribution >= 0.6 is 11.3 Å². The van der Waals surface area contributed by atoms with E-state index in [2.05, 4.69) is 29.0 Å². The lowest BCUT2D eigenvalue weighted by atomic mass is 9.99. The van der Waals surface area contributed by atoms with Crippen molar-refractivity contribution in [3.05, 3.63) is 46.3 Å². The fourth-order valence-corrected chi connectivity index (χ4v) is 3.07. The Labute approximate surface area is 141 Å². The third-order valence-electron chi connectivity index (χ3n) is 3.83. The van der Waals surface area contributed by atoms with Crippen molar-refractivity contribution >= 4 is 23.1 Å². The lowest BCUT2D eigenvalue weighted by molar-refractivity contribution is 0.0530. The number of aliphatic hydroxyl groups is 1. The topological polar surface area (TPSA) is 65.5 Å². The number of anilines is 1. The van der Waals surface area contributed by atoms with Crippen LogP contribution in [0.3, 0.4) is 0 Å². The second kappa shape index (κ2) is 7.57. The molecular weight excluding hydrogens is 310 g/mol. The van der Waals surface area contributed by atoms with Gasteiger partial charge in [0.2, 0.25) is 0 Å². The number of thiophene rings is 1. The van der Waals surface area contributed by atoms with Gasteiger partial charge in [0.25, 0.3) is 5.91 Å². The van der Waals surface area contributed by atoms with E-state index in [0.29, 0.717) is 5.56 Å². The first-order chi connectivity index (χ1) is 11.0. The van der Waals surface area contributed by atoms with Gasteiger partial charge in [0.15, 0.2) is 0 Å². The van der Waals surface area contributed by atoms with Crippen molar-refractivity contribution in [1.82, 2.24) is 10.3 Å². The smallest absolute Gasteiger partial charge is 0.252 e. The number of hydrogen-bond donors (Lipinski definition) is 2. The summed E-state index contributed by atoms with van der Waals surface area (Å²) in [5.74, 6) is 0.621. The first-order valence-corrected chi connectivity index (χ1v) is 8.66. The highest BCUT2D eigenvalue weighted by Gasteiger charge is 2.24. The number of amides is 1. The van der Waals surface area contributed by atoms with Crippen molar-refractivity contribution in [1.29, 1.82) is 0 Å². The van der Waals surface area contributed by atoms with Gasteiger partial charge in [-0.15, -0.1) is 0 Å². The second-order valence-electron chi connectivity index (χ2n) is 5.55. The van der Waals surface area contributed by atoms with E-state index in [-0.39, 0.29) is 12.5 Å². The highest BCUT2D eigenvalue weighted by molar-refractivity contribution is 7.08. The second-order valence-corrected chi connectivity index (χ2v) is 6.33. The van der Waals surface area contributed by atoms with Crippen LogP contribution in [0.2, 0.25) is 0 Å². The maximum Gasteiger partial charge on any atom is 0.252 e. The van der Waals surface area contributed by atoms with Crippen LogP contribution in [0.5, 0.6) is 0 Å². The standard InChI is InChI=1S/C17H23N3O2S/c1-4-20(5-2)15-7-6-13(10-18-15)16(21)19-12-17(3,22)14-8-9-23-11-14/h6-11,22H,4-5,12H2,1-3H3,(H,19,21). The zero-order valence-electron chi connectivity index (χ0n) is 13.7. The van der Waals surface area contributed by atoms with E-state index in [4.69, 9.17) is 0 Å². The van der Waals surface area contributed by atoms with Crippen LogP contribution in [0.15, 0.2) is 35.2 Å². The Hall–Kier alpha value is -1.92. The summed E-state index contributed by atoms with van der Waals surface area (Å²) in [4.78, 5) is 18.7. The van der Waals surface area contributed by atoms with Crippen LogP contribution in [0, 0.1) is 0 Å². The summed E-state index contributed by atoms with van der Waals surface area (Å²) in [6.07, 6.45) is 1.57. The molecule has 0 bridgehead atoms. The minimum atomic E-state index is -1.08. The number of nitrogens with zero attached hydrogens (tertiary/aromatic N) is 2. The van der Waals surface area contributed by atoms with Crippen molar-refractivity contribution in [2.45, 2.75) is 26.4 Å². The van der Waals surface area contributed by atoms with Crippen LogP contribution in [0.1, 0.15) is 36.7 Å². The summed E-state index contributed by atoms with van der Waals surface area (Å²) in [5.41, 5.74) is 0.212. The Morgan fingerprint density at radius 1 is 1.35 bits per heavy atom. The molecule has 0 spiro atoms. The Bertz CT molecular complexity index is 620. The fourth-order valence-electron chi connectivity index (χ4n) is 2.28. The number of carbonyl (C=O) groups excluding carboxylic acids is 1. The molecule has 0 saturated carbocycles. The van der Waals surface area contributed by atoms with Crippen molar-refractivity contribution in [3.63, 3.8) is 0 Å². The summed E-state index contributed by atoms with van der Waals surface area (Å²) in [6, 6.07) is 5.46. The van der Waals surface area contributed by atoms with E-state index in [0.717, 1.165) is 24.5 Å². The number of carbonyl (C=O) groups is 1. The molecule has 0 aliphatic rings. The first-order valence-electron chi connectivity index (χ1n) is 7.72. The van der Waals surface area contributed by atoms with E-state index in [1.54, 1.807) is 19.2 Å². The lowest BCUT2D eigenvalue weighted by Gasteiger charge is -2.23. The molecule has 124 valence electrons. The summed E-state index contributed by atoms with van der Waals surface area (Å²) in [7, 11) is 0. The van der Waals surface area contributed by atoms with Gasteiger partial charge in [-0.05, 0) is 55.3 Å². The number of hydrogen-bond acceptors (Lipinski definition) is 5. The van der Waals surface area contributed by atoms with Gasteiger partial charge in [-0.25, -0.2) is 4.98 Å². The number of nitrogens with one attached hydrogen (secondary N) is 1. The molecule has 0 aliphatic heterocycles. The summed E-state index contributed by atoms with van der Waals surface area (Å²) >= 11 is 1.52. The Kier molecular flexibility index (Phi) is 5.74. The molecule has 2 aromatic heterocycles. The minimum Gasteiger partial charge on any atom is -0.384 e. The molecule has 5 nitrogen and oxygen atoms in total. The summed E-state index contributed by atoms with van der Waals surface area (Å²) in [5, 5.41) is 17.0. The molecule has 2 aromatic rings. The predicted octanol–water partition coefficient (Wildman–Crippen LogP) is 2.63. The number of pyridine rings is 1. The van der Waals surface area contributed by atoms with Crippen molar-refractivity contribution in [3.8, 4) is 0 Å². The molecular formula is C17H23N3O2S. The zero-order valence-corrected chi connectivity index (χ0v) is 14.6. The van der Waals surface area contributed by atoms with E-state index >= 15 is 0 Å². The van der Waals surface area contributed by atoms with Gasteiger partial charge < -0.3 is 15.3 Å². The summed E-state index contributed by atoms with van der Waals surface area (Å²) < 4.78 is 0. The van der Waals surface area contributed by atoms with Gasteiger partial charge in [0.05, 0.1) is 12.1 Å². The van der Waals surface area contributed by atoms with Crippen LogP contribution in [0.4, 0.5) is 5.82 Å². The van der Waals surface area contributed by atoms with E-state index in [9.17, 15) is 9.90 Å². The molecule has 2 heterocycles.